The lowest BCUT2D eigenvalue weighted by atomic mass is 10.00. The van der Waals surface area contributed by atoms with Crippen LogP contribution in [0.25, 0.3) is 11.1 Å². The summed E-state index contributed by atoms with van der Waals surface area (Å²) in [6.07, 6.45) is 0. The fourth-order valence-electron chi connectivity index (χ4n) is 2.00. The van der Waals surface area contributed by atoms with E-state index in [0.29, 0.717) is 0 Å². The molecule has 0 fully saturated rings. The van der Waals surface area contributed by atoms with Crippen LogP contribution < -0.4 is 5.11 Å². The van der Waals surface area contributed by atoms with Crippen LogP contribution in [0.5, 0.6) is 0 Å². The van der Waals surface area contributed by atoms with Crippen LogP contribution in [0.2, 0.25) is 5.02 Å². The molecule has 0 aliphatic heterocycles. The van der Waals surface area contributed by atoms with Crippen LogP contribution in [0.15, 0.2) is 36.4 Å². The van der Waals surface area contributed by atoms with Gasteiger partial charge in [-0.05, 0) is 31.0 Å². The zero-order valence-electron chi connectivity index (χ0n) is 10.2. The number of carbonyl (C=O) groups excluding carboxylic acids is 1. The molecule has 92 valence electrons. The van der Waals surface area contributed by atoms with E-state index in [2.05, 4.69) is 6.07 Å². The normalized spacial score (nSPS) is 10.4. The summed E-state index contributed by atoms with van der Waals surface area (Å²) in [5.74, 6) is -1.26. The first-order chi connectivity index (χ1) is 8.47. The largest absolute Gasteiger partial charge is 0.545 e. The van der Waals surface area contributed by atoms with Crippen LogP contribution in [0.1, 0.15) is 21.5 Å². The minimum atomic E-state index is -1.26. The summed E-state index contributed by atoms with van der Waals surface area (Å²) >= 11 is 5.93. The molecular weight excluding hydrogens is 248 g/mol. The smallest absolute Gasteiger partial charge is 0.0730 e. The van der Waals surface area contributed by atoms with Crippen LogP contribution >= 0.6 is 11.6 Å². The Bertz CT molecular complexity index is 598. The average molecular weight is 260 g/mol. The van der Waals surface area contributed by atoms with Gasteiger partial charge in [-0.2, -0.15) is 0 Å². The zero-order valence-corrected chi connectivity index (χ0v) is 10.9. The van der Waals surface area contributed by atoms with Crippen molar-refractivity contribution in [1.29, 1.82) is 0 Å². The number of halogens is 1. The molecule has 2 aromatic carbocycles. The van der Waals surface area contributed by atoms with Crippen LogP contribution in [-0.2, 0) is 0 Å². The van der Waals surface area contributed by atoms with Crippen molar-refractivity contribution in [3.63, 3.8) is 0 Å². The van der Waals surface area contributed by atoms with Crippen LogP contribution in [0, 0.1) is 13.8 Å². The Kier molecular flexibility index (Phi) is 3.39. The molecule has 0 atom stereocenters. The monoisotopic (exact) mass is 259 g/mol. The van der Waals surface area contributed by atoms with Gasteiger partial charge in [0, 0.05) is 5.56 Å². The second-order valence-electron chi connectivity index (χ2n) is 4.36. The highest BCUT2D eigenvalue weighted by atomic mass is 35.5. The highest BCUT2D eigenvalue weighted by molar-refractivity contribution is 6.33. The molecule has 0 heterocycles. The second-order valence-corrected chi connectivity index (χ2v) is 4.77. The third kappa shape index (κ3) is 2.54. The Morgan fingerprint density at radius 3 is 2.11 bits per heavy atom. The summed E-state index contributed by atoms with van der Waals surface area (Å²) in [5, 5.41) is 11.0. The summed E-state index contributed by atoms with van der Waals surface area (Å²) in [5.41, 5.74) is 4.26. The van der Waals surface area contributed by atoms with E-state index in [1.165, 1.54) is 6.07 Å². The molecule has 0 aliphatic carbocycles. The Morgan fingerprint density at radius 1 is 1.00 bits per heavy atom. The Hall–Kier alpha value is -1.80. The number of carboxylic acids is 1. The highest BCUT2D eigenvalue weighted by Gasteiger charge is 2.05. The lowest BCUT2D eigenvalue weighted by Gasteiger charge is -2.09. The summed E-state index contributed by atoms with van der Waals surface area (Å²) < 4.78 is 0. The lowest BCUT2D eigenvalue weighted by molar-refractivity contribution is -0.255. The van der Waals surface area contributed by atoms with Gasteiger partial charge < -0.3 is 9.90 Å². The molecule has 0 radical (unpaired) electrons. The van der Waals surface area contributed by atoms with Crippen molar-refractivity contribution in [2.75, 3.05) is 0 Å². The van der Waals surface area contributed by atoms with Crippen molar-refractivity contribution in [2.45, 2.75) is 13.8 Å². The molecule has 0 saturated heterocycles. The number of aromatic carboxylic acids is 1. The fraction of sp³-hybridized carbons (Fsp3) is 0.133. The first kappa shape index (κ1) is 12.7. The molecular formula is C15H12ClO2-. The molecule has 0 spiro atoms. The molecule has 2 rings (SSSR count). The van der Waals surface area contributed by atoms with Crippen molar-refractivity contribution >= 4 is 17.6 Å². The third-order valence-corrected chi connectivity index (χ3v) is 3.06. The molecule has 0 amide bonds. The van der Waals surface area contributed by atoms with Crippen LogP contribution in [-0.4, -0.2) is 5.97 Å². The van der Waals surface area contributed by atoms with Crippen molar-refractivity contribution in [3.8, 4) is 11.1 Å². The van der Waals surface area contributed by atoms with Gasteiger partial charge in [0.05, 0.1) is 11.0 Å². The zero-order chi connectivity index (χ0) is 13.3. The molecule has 0 saturated carbocycles. The lowest BCUT2D eigenvalue weighted by Crippen LogP contribution is -2.22. The van der Waals surface area contributed by atoms with Crippen LogP contribution in [0.4, 0.5) is 0 Å². The van der Waals surface area contributed by atoms with Gasteiger partial charge in [-0.1, -0.05) is 53.1 Å². The van der Waals surface area contributed by atoms with E-state index < -0.39 is 5.97 Å². The van der Waals surface area contributed by atoms with Gasteiger partial charge in [0.1, 0.15) is 0 Å². The van der Waals surface area contributed by atoms with Gasteiger partial charge in [0.2, 0.25) is 0 Å². The number of hydrogen-bond donors (Lipinski definition) is 0. The standard InChI is InChI=1S/C15H13ClO2/c1-9-5-10(2)7-12(6-9)11-3-4-13(15(17)18)14(16)8-11/h3-8H,1-2H3,(H,17,18)/p-1. The van der Waals surface area contributed by atoms with E-state index in [9.17, 15) is 9.90 Å². The number of aryl methyl sites for hydroxylation is 2. The van der Waals surface area contributed by atoms with E-state index in [0.717, 1.165) is 22.3 Å². The Morgan fingerprint density at radius 2 is 1.61 bits per heavy atom. The van der Waals surface area contributed by atoms with Crippen LogP contribution in [0.3, 0.4) is 0 Å². The average Bonchev–Trinajstić information content (AvgIpc) is 2.26. The predicted octanol–water partition coefficient (Wildman–Crippen LogP) is 2.99. The fourth-order valence-corrected chi connectivity index (χ4v) is 2.26. The second kappa shape index (κ2) is 4.83. The molecule has 0 bridgehead atoms. The molecule has 0 aromatic heterocycles. The predicted molar refractivity (Wildman–Crippen MR) is 70.7 cm³/mol. The van der Waals surface area contributed by atoms with Gasteiger partial charge in [0.15, 0.2) is 0 Å². The quantitative estimate of drug-likeness (QED) is 0.832. The van der Waals surface area contributed by atoms with Gasteiger partial charge in [-0.15, -0.1) is 0 Å². The third-order valence-electron chi connectivity index (χ3n) is 2.74. The van der Waals surface area contributed by atoms with E-state index in [1.807, 2.05) is 26.0 Å². The molecule has 2 nitrogen and oxygen atoms in total. The van der Waals surface area contributed by atoms with Crippen molar-refractivity contribution in [1.82, 2.24) is 0 Å². The van der Waals surface area contributed by atoms with E-state index >= 15 is 0 Å². The Labute approximate surface area is 111 Å². The van der Waals surface area contributed by atoms with Gasteiger partial charge >= 0.3 is 0 Å². The first-order valence-electron chi connectivity index (χ1n) is 5.57. The number of hydrogen-bond acceptors (Lipinski definition) is 2. The maximum atomic E-state index is 10.8. The highest BCUT2D eigenvalue weighted by Crippen LogP contribution is 2.27. The summed E-state index contributed by atoms with van der Waals surface area (Å²) in [4.78, 5) is 10.8. The molecule has 0 N–H and O–H groups in total. The van der Waals surface area contributed by atoms with E-state index in [-0.39, 0.29) is 10.6 Å². The summed E-state index contributed by atoms with van der Waals surface area (Å²) in [6.45, 7) is 4.04. The number of benzene rings is 2. The van der Waals surface area contributed by atoms with Gasteiger partial charge in [-0.3, -0.25) is 0 Å². The van der Waals surface area contributed by atoms with Crippen molar-refractivity contribution in [3.05, 3.63) is 58.1 Å². The van der Waals surface area contributed by atoms with Crippen molar-refractivity contribution < 1.29 is 9.90 Å². The number of rotatable bonds is 2. The van der Waals surface area contributed by atoms with E-state index in [4.69, 9.17) is 11.6 Å². The first-order valence-corrected chi connectivity index (χ1v) is 5.95. The maximum Gasteiger partial charge on any atom is 0.0730 e. The maximum absolute atomic E-state index is 10.8. The molecule has 3 heteroatoms. The number of carboxylic acid groups (broad SMARTS) is 1. The topological polar surface area (TPSA) is 40.1 Å². The van der Waals surface area contributed by atoms with Gasteiger partial charge in [0.25, 0.3) is 0 Å². The molecule has 0 aliphatic rings. The summed E-state index contributed by atoms with van der Waals surface area (Å²) in [6, 6.07) is 11.0. The minimum absolute atomic E-state index is 0.0183. The summed E-state index contributed by atoms with van der Waals surface area (Å²) in [7, 11) is 0. The number of carbonyl (C=O) groups is 1. The molecule has 0 unspecified atom stereocenters. The molecule has 18 heavy (non-hydrogen) atoms. The SMILES string of the molecule is Cc1cc(C)cc(-c2ccc(C(=O)[O-])c(Cl)c2)c1. The minimum Gasteiger partial charge on any atom is -0.545 e. The van der Waals surface area contributed by atoms with E-state index in [1.54, 1.807) is 12.1 Å². The van der Waals surface area contributed by atoms with Gasteiger partial charge in [-0.25, -0.2) is 0 Å². The molecule has 2 aromatic rings. The Balaban J connectivity index is 2.52. The van der Waals surface area contributed by atoms with Crippen molar-refractivity contribution in [2.24, 2.45) is 0 Å².